The Morgan fingerprint density at radius 1 is 1.04 bits per heavy atom. The number of rotatable bonds is 5. The van der Waals surface area contributed by atoms with E-state index in [4.69, 9.17) is 4.74 Å². The van der Waals surface area contributed by atoms with Crippen LogP contribution in [0.1, 0.15) is 17.0 Å². The van der Waals surface area contributed by atoms with Crippen molar-refractivity contribution in [2.45, 2.75) is 12.0 Å². The van der Waals surface area contributed by atoms with Crippen molar-refractivity contribution in [1.29, 1.82) is 0 Å². The molecule has 0 amide bonds. The van der Waals surface area contributed by atoms with Gasteiger partial charge in [0.15, 0.2) is 0 Å². The number of halogens is 2. The fourth-order valence-electron chi connectivity index (χ4n) is 2.76. The molecule has 0 saturated heterocycles. The number of ether oxygens (including phenoxy) is 1. The molecule has 0 heterocycles. The number of hydrogen-bond donors (Lipinski definition) is 1. The smallest absolute Gasteiger partial charge is 0.458 e. The largest absolute Gasteiger partial charge is 0.483 e. The lowest BCUT2D eigenvalue weighted by Crippen LogP contribution is -2.34. The maximum atomic E-state index is 13.2. The van der Waals surface area contributed by atoms with Gasteiger partial charge in [-0.3, -0.25) is 0 Å². The molecule has 7 heteroatoms. The molecule has 0 aromatic heterocycles. The molecule has 0 fully saturated rings. The van der Waals surface area contributed by atoms with Crippen molar-refractivity contribution in [3.63, 3.8) is 0 Å². The van der Waals surface area contributed by atoms with Gasteiger partial charge >= 0.3 is 12.1 Å². The molecule has 0 saturated carbocycles. The van der Waals surface area contributed by atoms with Crippen molar-refractivity contribution in [2.75, 3.05) is 6.61 Å². The number of carbonyl (C=O) groups excluding carboxylic acids is 1. The van der Waals surface area contributed by atoms with Crippen molar-refractivity contribution in [3.05, 3.63) is 59.7 Å². The monoisotopic (exact) mass is 338 g/mol. The van der Waals surface area contributed by atoms with Crippen LogP contribution in [0.25, 0.3) is 11.1 Å². The predicted octanol–water partition coefficient (Wildman–Crippen LogP) is 3.73. The zero-order valence-corrected chi connectivity index (χ0v) is 12.6. The van der Waals surface area contributed by atoms with E-state index in [1.165, 1.54) is 0 Å². The fraction of sp³-hybridized carbons (Fsp3) is 0.188. The first-order chi connectivity index (χ1) is 11.0. The Kier molecular flexibility index (Phi) is 4.34. The number of carbonyl (C=O) groups is 1. The highest BCUT2D eigenvalue weighted by molar-refractivity contribution is 7.74. The molecule has 2 aromatic carbocycles. The van der Waals surface area contributed by atoms with Crippen molar-refractivity contribution in [3.8, 4) is 11.1 Å². The van der Waals surface area contributed by atoms with Crippen LogP contribution in [0.5, 0.6) is 0 Å². The second-order valence-electron chi connectivity index (χ2n) is 5.00. The third kappa shape index (κ3) is 2.95. The van der Waals surface area contributed by atoms with Gasteiger partial charge in [0.05, 0.1) is 0 Å². The Morgan fingerprint density at radius 2 is 1.57 bits per heavy atom. The number of thiol groups is 1. The second kappa shape index (κ2) is 6.27. The molecule has 2 aromatic rings. The van der Waals surface area contributed by atoms with E-state index in [-0.39, 0.29) is 12.5 Å². The normalized spacial score (nSPS) is 13.5. The standard InChI is InChI=1S/C16H12F2O4S/c17-16(18,21-22-23)15(19)20-9-14-12-7-3-1-5-10(12)11-6-2-4-8-13(11)14/h1-8,14,23H,9H2. The van der Waals surface area contributed by atoms with Crippen LogP contribution in [-0.4, -0.2) is 18.7 Å². The lowest BCUT2D eigenvalue weighted by atomic mass is 9.98. The molecule has 3 rings (SSSR count). The van der Waals surface area contributed by atoms with E-state index in [1.54, 1.807) is 0 Å². The van der Waals surface area contributed by atoms with Crippen LogP contribution >= 0.6 is 12.9 Å². The Labute approximate surface area is 136 Å². The Bertz CT molecular complexity index is 690. The molecule has 0 bridgehead atoms. The number of esters is 1. The minimum atomic E-state index is -4.21. The Balaban J connectivity index is 1.82. The van der Waals surface area contributed by atoms with Gasteiger partial charge in [-0.05, 0) is 22.3 Å². The molecule has 0 aliphatic heterocycles. The van der Waals surface area contributed by atoms with Crippen molar-refractivity contribution < 1.29 is 27.5 Å². The Hall–Kier alpha value is -1.96. The predicted molar refractivity (Wildman–Crippen MR) is 80.8 cm³/mol. The van der Waals surface area contributed by atoms with Gasteiger partial charge < -0.3 is 4.74 Å². The van der Waals surface area contributed by atoms with Crippen LogP contribution in [0.15, 0.2) is 48.5 Å². The maximum absolute atomic E-state index is 13.2. The highest BCUT2D eigenvalue weighted by Gasteiger charge is 2.45. The van der Waals surface area contributed by atoms with Crippen LogP contribution in [-0.2, 0) is 18.8 Å². The van der Waals surface area contributed by atoms with Gasteiger partial charge in [0.25, 0.3) is 0 Å². The third-order valence-electron chi connectivity index (χ3n) is 3.72. The first-order valence-electron chi connectivity index (χ1n) is 6.77. The van der Waals surface area contributed by atoms with Crippen LogP contribution < -0.4 is 0 Å². The summed E-state index contributed by atoms with van der Waals surface area (Å²) >= 11 is 3.03. The maximum Gasteiger partial charge on any atom is 0.483 e. The first-order valence-corrected chi connectivity index (χ1v) is 7.13. The summed E-state index contributed by atoms with van der Waals surface area (Å²) in [5, 5.41) is 0. The van der Waals surface area contributed by atoms with E-state index in [9.17, 15) is 13.6 Å². The van der Waals surface area contributed by atoms with E-state index in [0.717, 1.165) is 22.3 Å². The molecule has 0 spiro atoms. The average molecular weight is 338 g/mol. The number of fused-ring (bicyclic) bond motifs is 3. The van der Waals surface area contributed by atoms with Crippen molar-refractivity contribution >= 4 is 18.9 Å². The molecule has 0 radical (unpaired) electrons. The SMILES string of the molecule is O=C(OCC1c2ccccc2-c2ccccc21)C(F)(F)OOS. The third-order valence-corrected chi connectivity index (χ3v) is 3.80. The second-order valence-corrected chi connectivity index (χ2v) is 5.15. The molecule has 0 atom stereocenters. The summed E-state index contributed by atoms with van der Waals surface area (Å²) in [4.78, 5) is 14.9. The van der Waals surface area contributed by atoms with Crippen LogP contribution in [0.3, 0.4) is 0 Å². The lowest BCUT2D eigenvalue weighted by Gasteiger charge is -2.16. The van der Waals surface area contributed by atoms with E-state index in [2.05, 4.69) is 22.1 Å². The lowest BCUT2D eigenvalue weighted by molar-refractivity contribution is -0.369. The molecule has 1 aliphatic carbocycles. The number of hydrogen-bond acceptors (Lipinski definition) is 5. The van der Waals surface area contributed by atoms with Gasteiger partial charge in [0.2, 0.25) is 0 Å². The zero-order chi connectivity index (χ0) is 16.4. The minimum Gasteiger partial charge on any atom is -0.458 e. The molecule has 120 valence electrons. The topological polar surface area (TPSA) is 44.8 Å². The summed E-state index contributed by atoms with van der Waals surface area (Å²) in [6, 6.07) is 15.2. The minimum absolute atomic E-state index is 0.224. The summed E-state index contributed by atoms with van der Waals surface area (Å²) in [7, 11) is 0. The molecule has 0 unspecified atom stereocenters. The van der Waals surface area contributed by atoms with Gasteiger partial charge in [0.1, 0.15) is 6.61 Å². The molecule has 1 aliphatic rings. The molecule has 0 N–H and O–H groups in total. The van der Waals surface area contributed by atoms with Gasteiger partial charge in [-0.1, -0.05) is 48.5 Å². The van der Waals surface area contributed by atoms with Gasteiger partial charge in [0, 0.05) is 18.8 Å². The van der Waals surface area contributed by atoms with Crippen LogP contribution in [0, 0.1) is 0 Å². The number of benzene rings is 2. The highest BCUT2D eigenvalue weighted by Crippen LogP contribution is 2.44. The molecular formula is C16H12F2O4S. The molecule has 23 heavy (non-hydrogen) atoms. The van der Waals surface area contributed by atoms with Crippen molar-refractivity contribution in [2.24, 2.45) is 0 Å². The Morgan fingerprint density at radius 3 is 2.09 bits per heavy atom. The highest BCUT2D eigenvalue weighted by atomic mass is 32.1. The summed E-state index contributed by atoms with van der Waals surface area (Å²) in [5.74, 6) is -2.13. The van der Waals surface area contributed by atoms with Crippen LogP contribution in [0.2, 0.25) is 0 Å². The van der Waals surface area contributed by atoms with Gasteiger partial charge in [-0.25, -0.2) is 4.79 Å². The van der Waals surface area contributed by atoms with Crippen molar-refractivity contribution in [1.82, 2.24) is 0 Å². The summed E-state index contributed by atoms with van der Waals surface area (Å²) in [6.07, 6.45) is -4.21. The average Bonchev–Trinajstić information content (AvgIpc) is 2.87. The first kappa shape index (κ1) is 15.9. The van der Waals surface area contributed by atoms with E-state index in [1.807, 2.05) is 48.5 Å². The summed E-state index contributed by atoms with van der Waals surface area (Å²) in [6.45, 7) is -0.224. The number of alkyl halides is 2. The van der Waals surface area contributed by atoms with Crippen LogP contribution in [0.4, 0.5) is 8.78 Å². The van der Waals surface area contributed by atoms with Gasteiger partial charge in [-0.2, -0.15) is 13.1 Å². The quantitative estimate of drug-likeness (QED) is 0.297. The van der Waals surface area contributed by atoms with E-state index < -0.39 is 12.1 Å². The summed E-state index contributed by atoms with van der Waals surface area (Å²) in [5.41, 5.74) is 3.86. The van der Waals surface area contributed by atoms with Gasteiger partial charge in [-0.15, -0.1) is 4.89 Å². The fourth-order valence-corrected chi connectivity index (χ4v) is 2.86. The molecular weight excluding hydrogens is 326 g/mol. The summed E-state index contributed by atoms with van der Waals surface area (Å²) < 4.78 is 34.7. The van der Waals surface area contributed by atoms with E-state index >= 15 is 0 Å². The van der Waals surface area contributed by atoms with E-state index in [0.29, 0.717) is 0 Å². The zero-order valence-electron chi connectivity index (χ0n) is 11.7. The molecule has 4 nitrogen and oxygen atoms in total.